The van der Waals surface area contributed by atoms with E-state index in [1.54, 1.807) is 12.1 Å². The van der Waals surface area contributed by atoms with Crippen molar-refractivity contribution in [2.24, 2.45) is 5.92 Å². The van der Waals surface area contributed by atoms with Gasteiger partial charge in [0.1, 0.15) is 5.78 Å². The molecule has 1 aromatic carbocycles. The molecule has 1 fully saturated rings. The third-order valence-electron chi connectivity index (χ3n) is 3.74. The van der Waals surface area contributed by atoms with Gasteiger partial charge in [-0.3, -0.25) is 4.79 Å². The van der Waals surface area contributed by atoms with Crippen LogP contribution in [0, 0.1) is 5.92 Å². The number of hydrogen-bond acceptors (Lipinski definition) is 4. The molecule has 1 saturated heterocycles. The van der Waals surface area contributed by atoms with Crippen molar-refractivity contribution < 1.29 is 17.9 Å². The average Bonchev–Trinajstić information content (AvgIpc) is 2.63. The normalized spacial score (nSPS) is 30.1. The molecule has 2 aliphatic rings. The van der Waals surface area contributed by atoms with E-state index in [-0.39, 0.29) is 23.4 Å². The van der Waals surface area contributed by atoms with Crippen molar-refractivity contribution in [2.45, 2.75) is 17.2 Å². The number of fused-ring (bicyclic) bond motifs is 1. The number of sulfone groups is 1. The molecule has 4 nitrogen and oxygen atoms in total. The molecule has 2 unspecified atom stereocenters. The molecule has 0 spiro atoms. The minimum Gasteiger partial charge on any atom is -0.380 e. The van der Waals surface area contributed by atoms with Crippen molar-refractivity contribution in [3.8, 4) is 0 Å². The summed E-state index contributed by atoms with van der Waals surface area (Å²) in [7, 11) is -3.24. The Morgan fingerprint density at radius 3 is 2.72 bits per heavy atom. The summed E-state index contributed by atoms with van der Waals surface area (Å²) in [5.74, 6) is -0.388. The van der Waals surface area contributed by atoms with Crippen LogP contribution in [-0.2, 0) is 19.4 Å². The first-order chi connectivity index (χ1) is 8.59. The van der Waals surface area contributed by atoms with E-state index in [0.29, 0.717) is 24.5 Å². The largest absolute Gasteiger partial charge is 0.380 e. The van der Waals surface area contributed by atoms with Crippen molar-refractivity contribution in [3.63, 3.8) is 0 Å². The van der Waals surface area contributed by atoms with E-state index >= 15 is 0 Å². The Kier molecular flexibility index (Phi) is 2.75. The van der Waals surface area contributed by atoms with Gasteiger partial charge in [0.25, 0.3) is 0 Å². The van der Waals surface area contributed by atoms with Gasteiger partial charge in [-0.2, -0.15) is 0 Å². The summed E-state index contributed by atoms with van der Waals surface area (Å²) < 4.78 is 29.5. The van der Waals surface area contributed by atoms with Crippen molar-refractivity contribution in [2.75, 3.05) is 19.0 Å². The lowest BCUT2D eigenvalue weighted by Gasteiger charge is -2.26. The second-order valence-corrected chi connectivity index (χ2v) is 6.83. The minimum atomic E-state index is -3.24. The summed E-state index contributed by atoms with van der Waals surface area (Å²) >= 11 is 0. The standard InChI is InChI=1S/C13H14O4S/c14-12-5-6-17-7-10(12)11-8-18(15,16)13-4-2-1-3-9(11)13/h1-4,10-11H,5-8H2. The molecule has 0 bridgehead atoms. The molecule has 0 aromatic heterocycles. The minimum absolute atomic E-state index is 0.0338. The highest BCUT2D eigenvalue weighted by atomic mass is 32.2. The van der Waals surface area contributed by atoms with Gasteiger partial charge in [0.2, 0.25) is 0 Å². The number of hydrogen-bond donors (Lipinski definition) is 0. The fourth-order valence-corrected chi connectivity index (χ4v) is 4.75. The van der Waals surface area contributed by atoms with Crippen molar-refractivity contribution in [1.29, 1.82) is 0 Å². The van der Waals surface area contributed by atoms with Gasteiger partial charge in [-0.25, -0.2) is 8.42 Å². The van der Waals surface area contributed by atoms with Crippen molar-refractivity contribution in [1.82, 2.24) is 0 Å². The topological polar surface area (TPSA) is 60.4 Å². The molecule has 2 aliphatic heterocycles. The molecule has 1 aromatic rings. The number of benzene rings is 1. The van der Waals surface area contributed by atoms with Crippen LogP contribution in [0.2, 0.25) is 0 Å². The zero-order chi connectivity index (χ0) is 12.8. The monoisotopic (exact) mass is 266 g/mol. The molecule has 2 atom stereocenters. The fraction of sp³-hybridized carbons (Fsp3) is 0.462. The Bertz CT molecular complexity index is 591. The predicted octanol–water partition coefficient (Wildman–Crippen LogP) is 1.16. The number of ketones is 1. The van der Waals surface area contributed by atoms with Gasteiger partial charge in [0.15, 0.2) is 9.84 Å². The summed E-state index contributed by atoms with van der Waals surface area (Å²) in [6.45, 7) is 0.795. The summed E-state index contributed by atoms with van der Waals surface area (Å²) in [4.78, 5) is 12.3. The highest BCUT2D eigenvalue weighted by Crippen LogP contribution is 2.40. The van der Waals surface area contributed by atoms with Gasteiger partial charge in [-0.05, 0) is 11.6 Å². The Hall–Kier alpha value is -1.20. The molecule has 0 aliphatic carbocycles. The first kappa shape index (κ1) is 11.9. The van der Waals surface area contributed by atoms with Gasteiger partial charge in [0.05, 0.1) is 23.9 Å². The molecule has 0 saturated carbocycles. The van der Waals surface area contributed by atoms with Crippen LogP contribution in [0.1, 0.15) is 17.9 Å². The zero-order valence-corrected chi connectivity index (χ0v) is 10.7. The molecule has 0 amide bonds. The van der Waals surface area contributed by atoms with Gasteiger partial charge in [-0.15, -0.1) is 0 Å². The Balaban J connectivity index is 2.03. The molecule has 0 N–H and O–H groups in total. The van der Waals surface area contributed by atoms with E-state index in [9.17, 15) is 13.2 Å². The quantitative estimate of drug-likeness (QED) is 0.765. The average molecular weight is 266 g/mol. The summed E-state index contributed by atoms with van der Waals surface area (Å²) in [6.07, 6.45) is 0.392. The number of Topliss-reactive ketones (excluding diaryl/α,β-unsaturated/α-hetero) is 1. The Morgan fingerprint density at radius 2 is 1.94 bits per heavy atom. The SMILES string of the molecule is O=C1CCOCC1C1CS(=O)(=O)c2ccccc21. The second kappa shape index (κ2) is 4.17. The van der Waals surface area contributed by atoms with E-state index in [1.165, 1.54) is 0 Å². The summed E-state index contributed by atoms with van der Waals surface area (Å²) in [5, 5.41) is 0. The molecular formula is C13H14O4S. The van der Waals surface area contributed by atoms with Crippen LogP contribution >= 0.6 is 0 Å². The molecule has 5 heteroatoms. The van der Waals surface area contributed by atoms with Gasteiger partial charge in [-0.1, -0.05) is 18.2 Å². The summed E-state index contributed by atoms with van der Waals surface area (Å²) in [5.41, 5.74) is 0.779. The van der Waals surface area contributed by atoms with E-state index in [2.05, 4.69) is 0 Å². The molecule has 2 heterocycles. The predicted molar refractivity (Wildman–Crippen MR) is 65.2 cm³/mol. The fourth-order valence-electron chi connectivity index (χ4n) is 2.82. The lowest BCUT2D eigenvalue weighted by Crippen LogP contribution is -2.33. The first-order valence-corrected chi connectivity index (χ1v) is 7.67. The van der Waals surface area contributed by atoms with Gasteiger partial charge >= 0.3 is 0 Å². The van der Waals surface area contributed by atoms with E-state index < -0.39 is 9.84 Å². The maximum Gasteiger partial charge on any atom is 0.179 e. The highest BCUT2D eigenvalue weighted by Gasteiger charge is 2.42. The third-order valence-corrected chi connectivity index (χ3v) is 5.58. The maximum absolute atomic E-state index is 12.1. The van der Waals surface area contributed by atoms with Crippen LogP contribution in [-0.4, -0.2) is 33.2 Å². The van der Waals surface area contributed by atoms with Crippen LogP contribution in [0.5, 0.6) is 0 Å². The number of rotatable bonds is 1. The number of ether oxygens (including phenoxy) is 1. The van der Waals surface area contributed by atoms with Crippen LogP contribution in [0.15, 0.2) is 29.2 Å². The van der Waals surface area contributed by atoms with E-state index in [4.69, 9.17) is 4.74 Å². The van der Waals surface area contributed by atoms with Crippen LogP contribution < -0.4 is 0 Å². The molecule has 96 valence electrons. The smallest absolute Gasteiger partial charge is 0.179 e. The van der Waals surface area contributed by atoms with Crippen LogP contribution in [0.4, 0.5) is 0 Å². The molecule has 0 radical (unpaired) electrons. The Labute approximate surface area is 106 Å². The lowest BCUT2D eigenvalue weighted by atomic mass is 9.83. The third kappa shape index (κ3) is 1.78. The maximum atomic E-state index is 12.1. The summed E-state index contributed by atoms with van der Waals surface area (Å²) in [6, 6.07) is 6.98. The Morgan fingerprint density at radius 1 is 1.17 bits per heavy atom. The van der Waals surface area contributed by atoms with Gasteiger partial charge in [0, 0.05) is 18.3 Å². The van der Waals surface area contributed by atoms with Crippen LogP contribution in [0.25, 0.3) is 0 Å². The first-order valence-electron chi connectivity index (χ1n) is 6.02. The lowest BCUT2D eigenvalue weighted by molar-refractivity contribution is -0.131. The van der Waals surface area contributed by atoms with E-state index in [0.717, 1.165) is 5.56 Å². The number of carbonyl (C=O) groups excluding carboxylic acids is 1. The highest BCUT2D eigenvalue weighted by molar-refractivity contribution is 7.91. The molecule has 3 rings (SSSR count). The van der Waals surface area contributed by atoms with Crippen molar-refractivity contribution in [3.05, 3.63) is 29.8 Å². The van der Waals surface area contributed by atoms with Crippen LogP contribution in [0.3, 0.4) is 0 Å². The molecular weight excluding hydrogens is 252 g/mol. The molecule has 18 heavy (non-hydrogen) atoms. The van der Waals surface area contributed by atoms with Crippen molar-refractivity contribution >= 4 is 15.6 Å². The van der Waals surface area contributed by atoms with E-state index in [1.807, 2.05) is 12.1 Å². The zero-order valence-electron chi connectivity index (χ0n) is 9.83. The second-order valence-electron chi connectivity index (χ2n) is 4.82. The number of carbonyl (C=O) groups is 1. The van der Waals surface area contributed by atoms with Gasteiger partial charge < -0.3 is 4.74 Å².